The Labute approximate surface area is 70.5 Å². The van der Waals surface area contributed by atoms with Crippen LogP contribution in [-0.4, -0.2) is 21.4 Å². The van der Waals surface area contributed by atoms with E-state index in [0.29, 0.717) is 6.42 Å². The van der Waals surface area contributed by atoms with Gasteiger partial charge in [0.1, 0.15) is 6.10 Å². The Hall–Kier alpha value is 0.356. The summed E-state index contributed by atoms with van der Waals surface area (Å²) in [5.74, 6) is 0. The molecule has 57 valence electrons. The molecule has 0 fully saturated rings. The number of hydrogen-bond acceptors (Lipinski definition) is 2. The van der Waals surface area contributed by atoms with Crippen molar-refractivity contribution >= 4 is 17.3 Å². The fraction of sp³-hybridized carbons (Fsp3) is 0.800. The van der Waals surface area contributed by atoms with Gasteiger partial charge in [-0.3, -0.25) is 0 Å². The first-order chi connectivity index (χ1) is 3.68. The van der Waals surface area contributed by atoms with Crippen molar-refractivity contribution in [2.45, 2.75) is 25.9 Å². The molecule has 0 bridgehead atoms. The van der Waals surface area contributed by atoms with Gasteiger partial charge in [-0.05, 0) is 18.6 Å². The minimum atomic E-state index is -0.796. The first kappa shape index (κ1) is 12.1. The Balaban J connectivity index is 0. The van der Waals surface area contributed by atoms with E-state index in [-0.39, 0.29) is 21.8 Å². The first-order valence-electron chi connectivity index (χ1n) is 2.59. The minimum Gasteiger partial charge on any atom is -0.500 e. The number of aliphatic hydroxyl groups excluding tert-OH is 2. The van der Waals surface area contributed by atoms with Gasteiger partial charge in [-0.1, -0.05) is 13.3 Å². The Morgan fingerprint density at radius 1 is 1.67 bits per heavy atom. The summed E-state index contributed by atoms with van der Waals surface area (Å²) in [7, 11) is 0. The molecule has 0 aliphatic heterocycles. The zero-order valence-corrected chi connectivity index (χ0v) is 6.99. The van der Waals surface area contributed by atoms with Gasteiger partial charge in [0.05, 0.1) is 0 Å². The molecule has 0 heterocycles. The van der Waals surface area contributed by atoms with Crippen molar-refractivity contribution in [1.82, 2.24) is 0 Å². The Morgan fingerprint density at radius 3 is 2.22 bits per heavy atom. The maximum absolute atomic E-state index is 8.74. The summed E-state index contributed by atoms with van der Waals surface area (Å²) in [6, 6.07) is 0. The van der Waals surface area contributed by atoms with Crippen molar-refractivity contribution < 1.29 is 27.0 Å². The molecular weight excluding hydrogens is 183 g/mol. The van der Waals surface area contributed by atoms with Crippen LogP contribution in [-0.2, 0) is 16.8 Å². The summed E-state index contributed by atoms with van der Waals surface area (Å²) >= 11 is 4.29. The van der Waals surface area contributed by atoms with E-state index in [1.54, 1.807) is 0 Å². The topological polar surface area (TPSA) is 40.5 Å². The van der Waals surface area contributed by atoms with Crippen LogP contribution in [0.4, 0.5) is 0 Å². The molecule has 0 aromatic heterocycles. The van der Waals surface area contributed by atoms with Crippen LogP contribution in [0.25, 0.3) is 0 Å². The average Bonchev–Trinajstić information content (AvgIpc) is 1.67. The maximum Gasteiger partial charge on any atom is 0.186 e. The molecule has 2 N–H and O–H groups in total. The molecule has 0 amide bonds. The zero-order valence-electron chi connectivity index (χ0n) is 5.13. The van der Waals surface area contributed by atoms with Gasteiger partial charge in [0, 0.05) is 16.8 Å². The van der Waals surface area contributed by atoms with Crippen LogP contribution in [0.5, 0.6) is 0 Å². The molecule has 9 heavy (non-hydrogen) atoms. The molecule has 0 spiro atoms. The van der Waals surface area contributed by atoms with Crippen LogP contribution >= 0.6 is 12.2 Å². The predicted molar refractivity (Wildman–Crippen MR) is 36.1 cm³/mol. The Bertz CT molecular complexity index is 87.0. The second-order valence-electron chi connectivity index (χ2n) is 1.64. The van der Waals surface area contributed by atoms with Crippen LogP contribution in [0, 0.1) is 0 Å². The molecule has 0 aliphatic rings. The third-order valence-electron chi connectivity index (χ3n) is 0.847. The standard InChI is InChI=1S/C5H10O2S.Co/c1-2-3-4(6)5(7)8;/h4,6H,2-3H2,1H3,(H,7,8);. The molecule has 0 aromatic carbocycles. The summed E-state index contributed by atoms with van der Waals surface area (Å²) in [5, 5.41) is 16.9. The van der Waals surface area contributed by atoms with E-state index in [1.165, 1.54) is 0 Å². The van der Waals surface area contributed by atoms with Gasteiger partial charge in [0.25, 0.3) is 0 Å². The van der Waals surface area contributed by atoms with E-state index < -0.39 is 6.10 Å². The van der Waals surface area contributed by atoms with Gasteiger partial charge in [-0.25, -0.2) is 0 Å². The number of thiocarbonyl (C=S) groups is 1. The quantitative estimate of drug-likeness (QED) is 0.657. The van der Waals surface area contributed by atoms with Crippen molar-refractivity contribution in [2.75, 3.05) is 0 Å². The molecule has 1 radical (unpaired) electrons. The molecule has 4 heteroatoms. The summed E-state index contributed by atoms with van der Waals surface area (Å²) in [6.45, 7) is 1.92. The monoisotopic (exact) mass is 193 g/mol. The first-order valence-corrected chi connectivity index (χ1v) is 3.00. The van der Waals surface area contributed by atoms with E-state index >= 15 is 0 Å². The molecule has 2 nitrogen and oxygen atoms in total. The van der Waals surface area contributed by atoms with E-state index in [4.69, 9.17) is 10.2 Å². The summed E-state index contributed by atoms with van der Waals surface area (Å²) in [5.41, 5.74) is 0. The Morgan fingerprint density at radius 2 is 2.11 bits per heavy atom. The van der Waals surface area contributed by atoms with Crippen molar-refractivity contribution in [1.29, 1.82) is 0 Å². The van der Waals surface area contributed by atoms with Crippen molar-refractivity contribution in [3.05, 3.63) is 0 Å². The van der Waals surface area contributed by atoms with Crippen LogP contribution < -0.4 is 0 Å². The molecule has 0 aliphatic carbocycles. The van der Waals surface area contributed by atoms with Gasteiger partial charge in [-0.2, -0.15) is 0 Å². The van der Waals surface area contributed by atoms with E-state index in [1.807, 2.05) is 6.92 Å². The molecule has 0 rings (SSSR count). The Kier molecular flexibility index (Phi) is 8.69. The van der Waals surface area contributed by atoms with Crippen LogP contribution in [0.3, 0.4) is 0 Å². The summed E-state index contributed by atoms with van der Waals surface area (Å²) in [6.07, 6.45) is 0.590. The number of rotatable bonds is 3. The van der Waals surface area contributed by atoms with E-state index in [2.05, 4.69) is 12.2 Å². The zero-order chi connectivity index (χ0) is 6.57. The molecule has 0 saturated heterocycles. The average molecular weight is 193 g/mol. The molecule has 0 saturated carbocycles. The molecule has 1 unspecified atom stereocenters. The van der Waals surface area contributed by atoms with Gasteiger partial charge < -0.3 is 10.2 Å². The van der Waals surface area contributed by atoms with Crippen molar-refractivity contribution in [3.63, 3.8) is 0 Å². The van der Waals surface area contributed by atoms with Crippen molar-refractivity contribution in [3.8, 4) is 0 Å². The van der Waals surface area contributed by atoms with Crippen LogP contribution in [0.15, 0.2) is 0 Å². The van der Waals surface area contributed by atoms with Crippen molar-refractivity contribution in [2.24, 2.45) is 0 Å². The van der Waals surface area contributed by atoms with Gasteiger partial charge in [0.2, 0.25) is 0 Å². The molecule has 1 atom stereocenters. The minimum absolute atomic E-state index is 0. The van der Waals surface area contributed by atoms with E-state index in [9.17, 15) is 0 Å². The van der Waals surface area contributed by atoms with Gasteiger partial charge in [0.15, 0.2) is 5.05 Å². The third kappa shape index (κ3) is 6.24. The fourth-order valence-corrected chi connectivity index (χ4v) is 0.515. The number of hydrogen-bond donors (Lipinski definition) is 2. The SMILES string of the molecule is CCCC(O)C(O)=S.[Co]. The third-order valence-corrected chi connectivity index (χ3v) is 1.12. The van der Waals surface area contributed by atoms with Crippen LogP contribution in [0.1, 0.15) is 19.8 Å². The second kappa shape index (κ2) is 6.48. The molecule has 0 aromatic rings. The smallest absolute Gasteiger partial charge is 0.186 e. The van der Waals surface area contributed by atoms with Gasteiger partial charge >= 0.3 is 0 Å². The maximum atomic E-state index is 8.74. The molecular formula is C5H10CoO2S. The largest absolute Gasteiger partial charge is 0.500 e. The number of aliphatic hydroxyl groups is 2. The fourth-order valence-electron chi connectivity index (χ4n) is 0.397. The summed E-state index contributed by atoms with van der Waals surface area (Å²) in [4.78, 5) is 0. The summed E-state index contributed by atoms with van der Waals surface area (Å²) < 4.78 is 0. The van der Waals surface area contributed by atoms with E-state index in [0.717, 1.165) is 6.42 Å². The second-order valence-corrected chi connectivity index (χ2v) is 2.06. The predicted octanol–water partition coefficient (Wildman–Crippen LogP) is 1.03. The normalized spacial score (nSPS) is 11.8. The van der Waals surface area contributed by atoms with Crippen LogP contribution in [0.2, 0.25) is 0 Å². The van der Waals surface area contributed by atoms with Gasteiger partial charge in [-0.15, -0.1) is 0 Å².